The number of hydrogen-bond acceptors (Lipinski definition) is 4. The number of rotatable bonds is 4. The highest BCUT2D eigenvalue weighted by atomic mass is 32.1. The van der Waals surface area contributed by atoms with Gasteiger partial charge in [-0.3, -0.25) is 14.4 Å². The maximum atomic E-state index is 10.5. The lowest BCUT2D eigenvalue weighted by atomic mass is 10.2. The molecule has 2 rings (SSSR count). The van der Waals surface area contributed by atoms with Gasteiger partial charge in [-0.15, -0.1) is 25.3 Å². The normalized spacial score (nSPS) is 8.19. The molecule has 0 atom stereocenters. The molecule has 6 heteroatoms. The molecule has 0 N–H and O–H groups in total. The van der Waals surface area contributed by atoms with Crippen LogP contribution in [0.5, 0.6) is 0 Å². The highest BCUT2D eigenvalue weighted by Crippen LogP contribution is 2.01. The second-order valence-corrected chi connectivity index (χ2v) is 5.41. The summed E-state index contributed by atoms with van der Waals surface area (Å²) in [6, 6.07) is 17.9. The van der Waals surface area contributed by atoms with Crippen molar-refractivity contribution in [3.8, 4) is 0 Å². The van der Waals surface area contributed by atoms with E-state index in [1.165, 1.54) is 6.42 Å². The Morgan fingerprint density at radius 3 is 1.23 bits per heavy atom. The molecule has 26 heavy (non-hydrogen) atoms. The quantitative estimate of drug-likeness (QED) is 0.559. The minimum atomic E-state index is -0.185. The van der Waals surface area contributed by atoms with Crippen molar-refractivity contribution in [3.63, 3.8) is 0 Å². The van der Waals surface area contributed by atoms with Crippen molar-refractivity contribution in [1.29, 1.82) is 0 Å². The molecule has 4 nitrogen and oxygen atoms in total. The van der Waals surface area contributed by atoms with E-state index in [1.807, 2.05) is 36.4 Å². The Kier molecular flexibility index (Phi) is 19.4. The minimum absolute atomic E-state index is 0.185. The summed E-state index contributed by atoms with van der Waals surface area (Å²) in [6.07, 6.45) is 1.25. The summed E-state index contributed by atoms with van der Waals surface area (Å²) in [4.78, 5) is 30.2. The zero-order valence-electron chi connectivity index (χ0n) is 15.3. The summed E-state index contributed by atoms with van der Waals surface area (Å²) in [5, 5.41) is -0.369. The molecule has 0 radical (unpaired) electrons. The van der Waals surface area contributed by atoms with E-state index in [0.717, 1.165) is 0 Å². The molecular formula is C20H26O4S2. The van der Waals surface area contributed by atoms with Gasteiger partial charge < -0.3 is 4.74 Å². The Bertz CT molecular complexity index is 552. The molecule has 0 amide bonds. The van der Waals surface area contributed by atoms with Crippen molar-refractivity contribution in [3.05, 3.63) is 71.8 Å². The van der Waals surface area contributed by atoms with Crippen molar-refractivity contribution in [2.45, 2.75) is 27.2 Å². The van der Waals surface area contributed by atoms with Crippen molar-refractivity contribution in [2.24, 2.45) is 0 Å². The molecule has 0 aliphatic rings. The Morgan fingerprint density at radius 2 is 1.12 bits per heavy atom. The molecule has 0 unspecified atom stereocenters. The fourth-order valence-electron chi connectivity index (χ4n) is 1.23. The molecule has 142 valence electrons. The van der Waals surface area contributed by atoms with Crippen LogP contribution in [-0.2, 0) is 9.53 Å². The maximum absolute atomic E-state index is 10.5. The predicted octanol–water partition coefficient (Wildman–Crippen LogP) is 5.11. The number of carbonyl (C=O) groups is 3. The molecular weight excluding hydrogens is 368 g/mol. The van der Waals surface area contributed by atoms with Crippen LogP contribution in [-0.4, -0.2) is 23.3 Å². The standard InChI is InChI=1S/2C7H6OS.C3H6O2.C3H8/c2*8-7(9)6-4-2-1-3-5-6;1-2-5-3-4;1-3-2/h2*1-5H,(H,8,9);3H,2H2,1H3;3H2,1-2H3. The van der Waals surface area contributed by atoms with Gasteiger partial charge in [0.05, 0.1) is 6.61 Å². The fourth-order valence-corrected chi connectivity index (χ4v) is 1.53. The second-order valence-electron chi connectivity index (χ2n) is 4.60. The van der Waals surface area contributed by atoms with E-state index in [0.29, 0.717) is 24.2 Å². The Hall–Kier alpha value is -2.05. The van der Waals surface area contributed by atoms with Crippen LogP contribution in [0.4, 0.5) is 0 Å². The third-order valence-electron chi connectivity index (χ3n) is 2.28. The van der Waals surface area contributed by atoms with Crippen LogP contribution in [0.1, 0.15) is 47.9 Å². The molecule has 0 heterocycles. The lowest BCUT2D eigenvalue weighted by Gasteiger charge is -1.88. The van der Waals surface area contributed by atoms with E-state index >= 15 is 0 Å². The van der Waals surface area contributed by atoms with Gasteiger partial charge in [-0.1, -0.05) is 80.9 Å². The van der Waals surface area contributed by atoms with Crippen LogP contribution in [0.25, 0.3) is 0 Å². The first kappa shape index (κ1) is 26.2. The van der Waals surface area contributed by atoms with Gasteiger partial charge in [0.2, 0.25) is 10.2 Å². The monoisotopic (exact) mass is 394 g/mol. The fraction of sp³-hybridized carbons (Fsp3) is 0.250. The average molecular weight is 395 g/mol. The Balaban J connectivity index is 0. The van der Waals surface area contributed by atoms with Gasteiger partial charge in [-0.2, -0.15) is 0 Å². The van der Waals surface area contributed by atoms with E-state index < -0.39 is 0 Å². The van der Waals surface area contributed by atoms with E-state index in [2.05, 4.69) is 43.8 Å². The van der Waals surface area contributed by atoms with E-state index in [9.17, 15) is 14.4 Å². The number of carbonyl (C=O) groups excluding carboxylic acids is 3. The van der Waals surface area contributed by atoms with Gasteiger partial charge in [0.25, 0.3) is 6.47 Å². The van der Waals surface area contributed by atoms with Crippen molar-refractivity contribution in [2.75, 3.05) is 6.61 Å². The minimum Gasteiger partial charge on any atom is -0.468 e. The van der Waals surface area contributed by atoms with Crippen molar-refractivity contribution >= 4 is 42.0 Å². The van der Waals surface area contributed by atoms with Crippen LogP contribution >= 0.6 is 25.3 Å². The van der Waals surface area contributed by atoms with Gasteiger partial charge in [0.15, 0.2) is 0 Å². The predicted molar refractivity (Wildman–Crippen MR) is 113 cm³/mol. The van der Waals surface area contributed by atoms with Crippen LogP contribution < -0.4 is 0 Å². The third kappa shape index (κ3) is 16.8. The van der Waals surface area contributed by atoms with E-state index in [1.54, 1.807) is 31.2 Å². The highest BCUT2D eigenvalue weighted by molar-refractivity contribution is 7.97. The first-order valence-corrected chi connectivity index (χ1v) is 8.95. The number of thiol groups is 2. The molecule has 0 spiro atoms. The van der Waals surface area contributed by atoms with Crippen LogP contribution in [0, 0.1) is 0 Å². The molecule has 0 bridgehead atoms. The molecule has 0 saturated carbocycles. The first-order valence-electron chi connectivity index (χ1n) is 8.06. The largest absolute Gasteiger partial charge is 0.468 e. The zero-order valence-corrected chi connectivity index (χ0v) is 17.1. The maximum Gasteiger partial charge on any atom is 0.293 e. The highest BCUT2D eigenvalue weighted by Gasteiger charge is 1.94. The SMILES string of the molecule is CCC.CCOC=O.O=C(S)c1ccccc1.O=C(S)c1ccccc1. The average Bonchev–Trinajstić information content (AvgIpc) is 2.65. The second kappa shape index (κ2) is 19.3. The van der Waals surface area contributed by atoms with E-state index in [-0.39, 0.29) is 10.2 Å². The van der Waals surface area contributed by atoms with E-state index in [4.69, 9.17) is 0 Å². The third-order valence-corrected chi connectivity index (χ3v) is 2.79. The topological polar surface area (TPSA) is 60.4 Å². The number of ether oxygens (including phenoxy) is 1. The zero-order chi connectivity index (χ0) is 20.2. The molecule has 0 fully saturated rings. The van der Waals surface area contributed by atoms with Gasteiger partial charge in [0, 0.05) is 11.1 Å². The summed E-state index contributed by atoms with van der Waals surface area (Å²) < 4.78 is 4.15. The molecule has 2 aromatic rings. The summed E-state index contributed by atoms with van der Waals surface area (Å²) in [5.41, 5.74) is 1.28. The molecule has 0 aliphatic heterocycles. The Morgan fingerprint density at radius 1 is 0.808 bits per heavy atom. The molecule has 2 aromatic carbocycles. The van der Waals surface area contributed by atoms with Crippen molar-refractivity contribution in [1.82, 2.24) is 0 Å². The van der Waals surface area contributed by atoms with Crippen LogP contribution in [0.15, 0.2) is 60.7 Å². The smallest absolute Gasteiger partial charge is 0.293 e. The lowest BCUT2D eigenvalue weighted by Crippen LogP contribution is -1.84. The molecule has 0 aliphatic carbocycles. The van der Waals surface area contributed by atoms with Gasteiger partial charge in [0.1, 0.15) is 0 Å². The van der Waals surface area contributed by atoms with Gasteiger partial charge in [-0.25, -0.2) is 0 Å². The Labute approximate surface area is 166 Å². The molecule has 0 aromatic heterocycles. The summed E-state index contributed by atoms with van der Waals surface area (Å²) in [7, 11) is 0. The van der Waals surface area contributed by atoms with Crippen molar-refractivity contribution < 1.29 is 19.1 Å². The number of hydrogen-bond donors (Lipinski definition) is 2. The summed E-state index contributed by atoms with van der Waals surface area (Å²) >= 11 is 7.30. The van der Waals surface area contributed by atoms with Gasteiger partial charge >= 0.3 is 0 Å². The van der Waals surface area contributed by atoms with Crippen LogP contribution in [0.3, 0.4) is 0 Å². The van der Waals surface area contributed by atoms with Crippen LogP contribution in [0.2, 0.25) is 0 Å². The van der Waals surface area contributed by atoms with Gasteiger partial charge in [-0.05, 0) is 6.92 Å². The molecule has 0 saturated heterocycles. The summed E-state index contributed by atoms with van der Waals surface area (Å²) in [5.74, 6) is 0. The summed E-state index contributed by atoms with van der Waals surface area (Å²) in [6.45, 7) is 6.91. The number of benzene rings is 2. The lowest BCUT2D eigenvalue weighted by molar-refractivity contribution is -0.128. The first-order chi connectivity index (χ1) is 12.4.